The monoisotopic (exact) mass is 398 g/mol. The Morgan fingerprint density at radius 2 is 1.79 bits per heavy atom. The number of aryl methyl sites for hydroxylation is 2. The van der Waals surface area contributed by atoms with Gasteiger partial charge in [0.1, 0.15) is 26.5 Å². The van der Waals surface area contributed by atoms with Gasteiger partial charge < -0.3 is 19.7 Å². The summed E-state index contributed by atoms with van der Waals surface area (Å²) in [6, 6.07) is 9.34. The number of oxime groups is 2. The van der Waals surface area contributed by atoms with Crippen LogP contribution in [0.1, 0.15) is 34.9 Å². The number of nitrogens with zero attached hydrogens (tertiary/aromatic N) is 3. The van der Waals surface area contributed by atoms with Crippen LogP contribution in [0.25, 0.3) is 0 Å². The van der Waals surface area contributed by atoms with Crippen molar-refractivity contribution in [3.8, 4) is 5.88 Å². The van der Waals surface area contributed by atoms with Crippen molar-refractivity contribution in [3.63, 3.8) is 0 Å². The molecule has 0 bridgehead atoms. The van der Waals surface area contributed by atoms with E-state index in [4.69, 9.17) is 14.4 Å². The lowest BCUT2D eigenvalue weighted by molar-refractivity contribution is -0.114. The van der Waals surface area contributed by atoms with E-state index in [0.29, 0.717) is 22.8 Å². The number of hydrogen-bond acceptors (Lipinski definition) is 7. The highest BCUT2D eigenvalue weighted by Crippen LogP contribution is 2.21. The molecule has 0 atom stereocenters. The van der Waals surface area contributed by atoms with Gasteiger partial charge in [0.2, 0.25) is 5.88 Å². The molecule has 8 nitrogen and oxygen atoms in total. The van der Waals surface area contributed by atoms with Crippen molar-refractivity contribution in [2.24, 2.45) is 10.3 Å². The maximum absolute atomic E-state index is 12.2. The van der Waals surface area contributed by atoms with E-state index in [1.807, 2.05) is 45.0 Å². The standard InChI is InChI=1S/C21H26N4O4/c1-13-11-14(2)21(23-18(13)15(3)24-27-5)29-12-16-9-7-8-10-17(16)19(25-28-6)20(26)22-4/h7-11H,12H2,1-6H3,(H,22,26)/b24-15-,25-19+. The number of rotatable bonds is 8. The molecule has 2 rings (SSSR count). The van der Waals surface area contributed by atoms with Crippen LogP contribution < -0.4 is 10.1 Å². The lowest BCUT2D eigenvalue weighted by atomic mass is 10.0. The molecule has 1 aromatic carbocycles. The van der Waals surface area contributed by atoms with Gasteiger partial charge in [0.25, 0.3) is 5.91 Å². The second kappa shape index (κ2) is 10.2. The second-order valence-corrected chi connectivity index (χ2v) is 6.28. The molecule has 2 aromatic rings. The number of carbonyl (C=O) groups is 1. The maximum Gasteiger partial charge on any atom is 0.273 e. The number of nitrogens with one attached hydrogen (secondary N) is 1. The number of benzene rings is 1. The predicted octanol–water partition coefficient (Wildman–Crippen LogP) is 2.74. The number of ether oxygens (including phenoxy) is 1. The molecular weight excluding hydrogens is 372 g/mol. The number of carbonyl (C=O) groups excluding carboxylic acids is 1. The molecule has 1 heterocycles. The molecule has 8 heteroatoms. The van der Waals surface area contributed by atoms with Crippen LogP contribution in [-0.2, 0) is 21.1 Å². The van der Waals surface area contributed by atoms with Crippen LogP contribution in [0.5, 0.6) is 5.88 Å². The summed E-state index contributed by atoms with van der Waals surface area (Å²) in [5.41, 5.74) is 4.80. The Balaban J connectivity index is 2.36. The Bertz CT molecular complexity index is 938. The van der Waals surface area contributed by atoms with E-state index in [1.165, 1.54) is 21.3 Å². The zero-order chi connectivity index (χ0) is 21.4. The smallest absolute Gasteiger partial charge is 0.273 e. The van der Waals surface area contributed by atoms with Gasteiger partial charge in [-0.1, -0.05) is 34.6 Å². The first-order chi connectivity index (χ1) is 13.9. The van der Waals surface area contributed by atoms with E-state index in [2.05, 4.69) is 20.6 Å². The minimum Gasteiger partial charge on any atom is -0.473 e. The molecule has 29 heavy (non-hydrogen) atoms. The van der Waals surface area contributed by atoms with Crippen molar-refractivity contribution in [3.05, 3.63) is 58.3 Å². The van der Waals surface area contributed by atoms with Gasteiger partial charge in [-0.2, -0.15) is 0 Å². The molecule has 0 saturated carbocycles. The zero-order valence-corrected chi connectivity index (χ0v) is 17.6. The molecule has 0 unspecified atom stereocenters. The van der Waals surface area contributed by atoms with Crippen molar-refractivity contribution in [2.45, 2.75) is 27.4 Å². The van der Waals surface area contributed by atoms with Crippen LogP contribution >= 0.6 is 0 Å². The molecule has 1 N–H and O–H groups in total. The molecule has 0 radical (unpaired) electrons. The van der Waals surface area contributed by atoms with Crippen LogP contribution in [-0.4, -0.2) is 43.6 Å². The SMILES string of the molecule is CNC(=O)/C(=N/OC)c1ccccc1COc1nc(/C(C)=N\OC)c(C)cc1C. The van der Waals surface area contributed by atoms with Gasteiger partial charge in [-0.05, 0) is 38.0 Å². The van der Waals surface area contributed by atoms with Gasteiger partial charge in [0.05, 0.1) is 5.69 Å². The molecule has 1 aromatic heterocycles. The quantitative estimate of drug-likeness (QED) is 0.545. The van der Waals surface area contributed by atoms with Crippen molar-refractivity contribution >= 4 is 17.3 Å². The lowest BCUT2D eigenvalue weighted by Gasteiger charge is -2.14. The minimum atomic E-state index is -0.349. The number of hydrogen-bond donors (Lipinski definition) is 1. The van der Waals surface area contributed by atoms with Crippen molar-refractivity contribution in [1.82, 2.24) is 10.3 Å². The van der Waals surface area contributed by atoms with Gasteiger partial charge in [-0.25, -0.2) is 4.98 Å². The predicted molar refractivity (Wildman–Crippen MR) is 111 cm³/mol. The number of likely N-dealkylation sites (N-methyl/N-ethyl adjacent to an activating group) is 1. The Morgan fingerprint density at radius 1 is 1.10 bits per heavy atom. The zero-order valence-electron chi connectivity index (χ0n) is 17.6. The van der Waals surface area contributed by atoms with E-state index in [9.17, 15) is 4.79 Å². The molecule has 0 saturated heterocycles. The Labute approximate surface area is 170 Å². The third-order valence-electron chi connectivity index (χ3n) is 4.19. The van der Waals surface area contributed by atoms with Crippen LogP contribution in [0.15, 0.2) is 40.6 Å². The molecular formula is C21H26N4O4. The minimum absolute atomic E-state index is 0.173. The maximum atomic E-state index is 12.2. The Kier molecular flexibility index (Phi) is 7.70. The highest BCUT2D eigenvalue weighted by atomic mass is 16.6. The molecule has 0 aliphatic rings. The Hall–Kier alpha value is -3.42. The summed E-state index contributed by atoms with van der Waals surface area (Å²) in [6.45, 7) is 5.91. The largest absolute Gasteiger partial charge is 0.473 e. The molecule has 1 amide bonds. The molecule has 0 fully saturated rings. The first-order valence-corrected chi connectivity index (χ1v) is 9.03. The van der Waals surface area contributed by atoms with Crippen molar-refractivity contribution in [1.29, 1.82) is 0 Å². The average molecular weight is 398 g/mol. The third-order valence-corrected chi connectivity index (χ3v) is 4.19. The van der Waals surface area contributed by atoms with Crippen LogP contribution in [0.3, 0.4) is 0 Å². The summed E-state index contributed by atoms with van der Waals surface area (Å²) in [6.07, 6.45) is 0. The first kappa shape index (κ1) is 21.9. The fourth-order valence-corrected chi connectivity index (χ4v) is 2.87. The topological polar surface area (TPSA) is 94.4 Å². The van der Waals surface area contributed by atoms with Crippen molar-refractivity contribution < 1.29 is 19.2 Å². The molecule has 154 valence electrons. The highest BCUT2D eigenvalue weighted by Gasteiger charge is 2.18. The Morgan fingerprint density at radius 3 is 2.45 bits per heavy atom. The van der Waals surface area contributed by atoms with E-state index in [-0.39, 0.29) is 18.2 Å². The lowest BCUT2D eigenvalue weighted by Crippen LogP contribution is -2.29. The van der Waals surface area contributed by atoms with E-state index < -0.39 is 0 Å². The summed E-state index contributed by atoms with van der Waals surface area (Å²) in [5.74, 6) is 0.133. The van der Waals surface area contributed by atoms with Crippen LogP contribution in [0.4, 0.5) is 0 Å². The van der Waals surface area contributed by atoms with E-state index >= 15 is 0 Å². The highest BCUT2D eigenvalue weighted by molar-refractivity contribution is 6.45. The summed E-state index contributed by atoms with van der Waals surface area (Å²) < 4.78 is 5.99. The fourth-order valence-electron chi connectivity index (χ4n) is 2.87. The van der Waals surface area contributed by atoms with E-state index in [0.717, 1.165) is 16.7 Å². The van der Waals surface area contributed by atoms with Crippen molar-refractivity contribution in [2.75, 3.05) is 21.3 Å². The van der Waals surface area contributed by atoms with Gasteiger partial charge in [0.15, 0.2) is 5.71 Å². The summed E-state index contributed by atoms with van der Waals surface area (Å²) in [4.78, 5) is 26.5. The molecule has 0 spiro atoms. The fraction of sp³-hybridized carbons (Fsp3) is 0.333. The number of aromatic nitrogens is 1. The van der Waals surface area contributed by atoms with E-state index in [1.54, 1.807) is 6.07 Å². The molecule has 0 aliphatic heterocycles. The summed E-state index contributed by atoms with van der Waals surface area (Å²) in [7, 11) is 4.43. The first-order valence-electron chi connectivity index (χ1n) is 9.03. The average Bonchev–Trinajstić information content (AvgIpc) is 2.71. The summed E-state index contributed by atoms with van der Waals surface area (Å²) in [5, 5.41) is 10.4. The van der Waals surface area contributed by atoms with Crippen LogP contribution in [0.2, 0.25) is 0 Å². The third kappa shape index (κ3) is 5.31. The normalized spacial score (nSPS) is 11.8. The van der Waals surface area contributed by atoms with Gasteiger partial charge in [-0.3, -0.25) is 4.79 Å². The van der Waals surface area contributed by atoms with Gasteiger partial charge in [-0.15, -0.1) is 0 Å². The number of pyridine rings is 1. The van der Waals surface area contributed by atoms with Crippen LogP contribution in [0, 0.1) is 13.8 Å². The number of amides is 1. The summed E-state index contributed by atoms with van der Waals surface area (Å²) >= 11 is 0. The van der Waals surface area contributed by atoms with Gasteiger partial charge >= 0.3 is 0 Å². The van der Waals surface area contributed by atoms with Gasteiger partial charge in [0, 0.05) is 18.2 Å². The molecule has 0 aliphatic carbocycles. The second-order valence-electron chi connectivity index (χ2n) is 6.28.